The zero-order chi connectivity index (χ0) is 17.3. The molecule has 0 aliphatic heterocycles. The van der Waals surface area contributed by atoms with Gasteiger partial charge in [0.25, 0.3) is 0 Å². The molecule has 25 heavy (non-hydrogen) atoms. The fraction of sp³-hybridized carbons (Fsp3) is 0.211. The molecule has 2 heterocycles. The molecule has 4 rings (SSSR count). The lowest BCUT2D eigenvalue weighted by molar-refractivity contribution is -0.136. The number of anilines is 1. The summed E-state index contributed by atoms with van der Waals surface area (Å²) in [5.74, 6) is -1.30. The molecule has 0 spiro atoms. The van der Waals surface area contributed by atoms with Gasteiger partial charge in [-0.1, -0.05) is 30.3 Å². The largest absolute Gasteiger partial charge is 0.359 e. The minimum absolute atomic E-state index is 0.0259. The maximum atomic E-state index is 12.2. The molecule has 3 N–H and O–H groups in total. The molecule has 0 unspecified atom stereocenters. The number of rotatable bonds is 4. The van der Waals surface area contributed by atoms with E-state index in [1.54, 1.807) is 18.6 Å². The van der Waals surface area contributed by atoms with Gasteiger partial charge < -0.3 is 15.6 Å². The van der Waals surface area contributed by atoms with E-state index in [0.29, 0.717) is 12.2 Å². The summed E-state index contributed by atoms with van der Waals surface area (Å²) >= 11 is 0. The van der Waals surface area contributed by atoms with Crippen LogP contribution in [0.1, 0.15) is 18.4 Å². The van der Waals surface area contributed by atoms with Crippen LogP contribution in [0.5, 0.6) is 0 Å². The fourth-order valence-electron chi connectivity index (χ4n) is 3.08. The lowest BCUT2D eigenvalue weighted by Gasteiger charge is -2.16. The SMILES string of the molecule is O=C(NCC1(c2ccccc2)CC1)C(=O)Nc1c[nH]c2ccncc12. The number of H-pyrrole nitrogens is 1. The Kier molecular flexibility index (Phi) is 3.72. The van der Waals surface area contributed by atoms with E-state index in [4.69, 9.17) is 0 Å². The average Bonchev–Trinajstić information content (AvgIpc) is 3.35. The molecule has 3 aromatic rings. The zero-order valence-corrected chi connectivity index (χ0v) is 13.6. The highest BCUT2D eigenvalue weighted by molar-refractivity contribution is 6.40. The number of aromatic nitrogens is 2. The second-order valence-corrected chi connectivity index (χ2v) is 6.41. The number of fused-ring (bicyclic) bond motifs is 1. The fourth-order valence-corrected chi connectivity index (χ4v) is 3.08. The van der Waals surface area contributed by atoms with Crippen molar-refractivity contribution in [1.82, 2.24) is 15.3 Å². The number of nitrogens with one attached hydrogen (secondary N) is 3. The van der Waals surface area contributed by atoms with E-state index in [-0.39, 0.29) is 5.41 Å². The van der Waals surface area contributed by atoms with Crippen molar-refractivity contribution in [1.29, 1.82) is 0 Å². The third-order valence-corrected chi connectivity index (χ3v) is 4.76. The zero-order valence-electron chi connectivity index (χ0n) is 13.6. The Hall–Kier alpha value is -3.15. The maximum Gasteiger partial charge on any atom is 0.313 e. The summed E-state index contributed by atoms with van der Waals surface area (Å²) in [5.41, 5.74) is 2.58. The lowest BCUT2D eigenvalue weighted by atomic mass is 9.96. The minimum atomic E-state index is -0.673. The van der Waals surface area contributed by atoms with Crippen molar-refractivity contribution in [2.75, 3.05) is 11.9 Å². The summed E-state index contributed by atoms with van der Waals surface area (Å²) in [6.45, 7) is 0.471. The highest BCUT2D eigenvalue weighted by Crippen LogP contribution is 2.47. The number of hydrogen-bond donors (Lipinski definition) is 3. The van der Waals surface area contributed by atoms with Crippen LogP contribution in [0.2, 0.25) is 0 Å². The summed E-state index contributed by atoms with van der Waals surface area (Å²) < 4.78 is 0. The van der Waals surface area contributed by atoms with Crippen LogP contribution < -0.4 is 10.6 Å². The predicted molar refractivity (Wildman–Crippen MR) is 95.1 cm³/mol. The van der Waals surface area contributed by atoms with Crippen molar-refractivity contribution >= 4 is 28.4 Å². The van der Waals surface area contributed by atoms with E-state index >= 15 is 0 Å². The first kappa shape index (κ1) is 15.4. The van der Waals surface area contributed by atoms with Crippen molar-refractivity contribution in [2.24, 2.45) is 0 Å². The van der Waals surface area contributed by atoms with Gasteiger partial charge in [0, 0.05) is 35.9 Å². The quantitative estimate of drug-likeness (QED) is 0.640. The number of hydrogen-bond acceptors (Lipinski definition) is 3. The van der Waals surface area contributed by atoms with Gasteiger partial charge in [-0.25, -0.2) is 0 Å². The second kappa shape index (κ2) is 6.05. The third kappa shape index (κ3) is 2.98. The molecule has 0 atom stereocenters. The van der Waals surface area contributed by atoms with E-state index in [2.05, 4.69) is 32.7 Å². The summed E-state index contributed by atoms with van der Waals surface area (Å²) in [7, 11) is 0. The van der Waals surface area contributed by atoms with Gasteiger partial charge in [-0.15, -0.1) is 0 Å². The monoisotopic (exact) mass is 334 g/mol. The normalized spacial score (nSPS) is 14.9. The van der Waals surface area contributed by atoms with Gasteiger partial charge in [0.05, 0.1) is 11.2 Å². The number of nitrogens with zero attached hydrogens (tertiary/aromatic N) is 1. The Morgan fingerprint density at radius 3 is 2.68 bits per heavy atom. The van der Waals surface area contributed by atoms with Crippen LogP contribution in [0.15, 0.2) is 55.0 Å². The van der Waals surface area contributed by atoms with Crippen molar-refractivity contribution < 1.29 is 9.59 Å². The predicted octanol–water partition coefficient (Wildman–Crippen LogP) is 2.35. The maximum absolute atomic E-state index is 12.2. The number of aromatic amines is 1. The Labute approximate surface area is 144 Å². The molecule has 126 valence electrons. The van der Waals surface area contributed by atoms with Gasteiger partial charge in [0.2, 0.25) is 0 Å². The van der Waals surface area contributed by atoms with Crippen LogP contribution in [0.4, 0.5) is 5.69 Å². The first-order chi connectivity index (χ1) is 12.2. The molecule has 1 fully saturated rings. The minimum Gasteiger partial charge on any atom is -0.359 e. The van der Waals surface area contributed by atoms with Crippen molar-refractivity contribution in [3.05, 3.63) is 60.6 Å². The number of carbonyl (C=O) groups excluding carboxylic acids is 2. The Morgan fingerprint density at radius 2 is 1.92 bits per heavy atom. The van der Waals surface area contributed by atoms with E-state index in [0.717, 1.165) is 23.7 Å². The topological polar surface area (TPSA) is 86.9 Å². The summed E-state index contributed by atoms with van der Waals surface area (Å²) in [6.07, 6.45) is 7.01. The Balaban J connectivity index is 1.39. The van der Waals surface area contributed by atoms with E-state index < -0.39 is 11.8 Å². The summed E-state index contributed by atoms with van der Waals surface area (Å²) in [6, 6.07) is 11.9. The molecular formula is C19H18N4O2. The highest BCUT2D eigenvalue weighted by Gasteiger charge is 2.44. The van der Waals surface area contributed by atoms with Crippen LogP contribution in [-0.4, -0.2) is 28.3 Å². The van der Waals surface area contributed by atoms with Gasteiger partial charge in [0.15, 0.2) is 0 Å². The number of pyridine rings is 1. The van der Waals surface area contributed by atoms with Crippen LogP contribution in [0.25, 0.3) is 10.9 Å². The molecule has 6 nitrogen and oxygen atoms in total. The molecule has 1 aromatic carbocycles. The first-order valence-electron chi connectivity index (χ1n) is 8.24. The average molecular weight is 334 g/mol. The molecule has 1 aliphatic carbocycles. The Bertz CT molecular complexity index is 929. The molecule has 6 heteroatoms. The van der Waals surface area contributed by atoms with Gasteiger partial charge in [-0.2, -0.15) is 0 Å². The van der Waals surface area contributed by atoms with Crippen LogP contribution in [0, 0.1) is 0 Å². The van der Waals surface area contributed by atoms with Gasteiger partial charge >= 0.3 is 11.8 Å². The van der Waals surface area contributed by atoms with Crippen molar-refractivity contribution in [3.63, 3.8) is 0 Å². The molecule has 1 saturated carbocycles. The van der Waals surface area contributed by atoms with Crippen LogP contribution >= 0.6 is 0 Å². The summed E-state index contributed by atoms with van der Waals surface area (Å²) in [5, 5.41) is 6.18. The third-order valence-electron chi connectivity index (χ3n) is 4.76. The molecule has 2 aromatic heterocycles. The van der Waals surface area contributed by atoms with Gasteiger partial charge in [-0.05, 0) is 24.5 Å². The standard InChI is InChI=1S/C19H18N4O2/c24-17(22-12-19(7-8-19)13-4-2-1-3-5-13)18(25)23-16-11-21-15-6-9-20-10-14(15)16/h1-6,9-11,21H,7-8,12H2,(H,22,24)(H,23,25). The first-order valence-corrected chi connectivity index (χ1v) is 8.24. The van der Waals surface area contributed by atoms with Crippen LogP contribution in [-0.2, 0) is 15.0 Å². The Morgan fingerprint density at radius 1 is 1.12 bits per heavy atom. The van der Waals surface area contributed by atoms with Crippen LogP contribution in [0.3, 0.4) is 0 Å². The number of carbonyl (C=O) groups is 2. The number of benzene rings is 1. The van der Waals surface area contributed by atoms with Gasteiger partial charge in [-0.3, -0.25) is 14.6 Å². The van der Waals surface area contributed by atoms with E-state index in [1.165, 1.54) is 5.56 Å². The molecule has 1 aliphatic rings. The molecule has 0 bridgehead atoms. The van der Waals surface area contributed by atoms with Crippen molar-refractivity contribution in [3.8, 4) is 0 Å². The summed E-state index contributed by atoms with van der Waals surface area (Å²) in [4.78, 5) is 31.4. The number of amides is 2. The lowest BCUT2D eigenvalue weighted by Crippen LogP contribution is -2.39. The molecular weight excluding hydrogens is 316 g/mol. The smallest absolute Gasteiger partial charge is 0.313 e. The van der Waals surface area contributed by atoms with E-state index in [9.17, 15) is 9.59 Å². The second-order valence-electron chi connectivity index (χ2n) is 6.41. The van der Waals surface area contributed by atoms with Crippen molar-refractivity contribution in [2.45, 2.75) is 18.3 Å². The van der Waals surface area contributed by atoms with Gasteiger partial charge in [0.1, 0.15) is 0 Å². The highest BCUT2D eigenvalue weighted by atomic mass is 16.2. The molecule has 0 radical (unpaired) electrons. The van der Waals surface area contributed by atoms with E-state index in [1.807, 2.05) is 24.3 Å². The molecule has 0 saturated heterocycles. The molecule has 2 amide bonds.